The van der Waals surface area contributed by atoms with Crippen LogP contribution < -0.4 is 5.73 Å². The average molecular weight is 195 g/mol. The van der Waals surface area contributed by atoms with E-state index in [9.17, 15) is 4.39 Å². The van der Waals surface area contributed by atoms with Crippen molar-refractivity contribution < 1.29 is 9.50 Å². The Morgan fingerprint density at radius 2 is 2.07 bits per heavy atom. The Morgan fingerprint density at radius 1 is 1.43 bits per heavy atom. The van der Waals surface area contributed by atoms with E-state index in [2.05, 4.69) is 0 Å². The first-order valence-corrected chi connectivity index (χ1v) is 4.82. The van der Waals surface area contributed by atoms with Crippen molar-refractivity contribution in [3.63, 3.8) is 0 Å². The third kappa shape index (κ3) is 1.33. The smallest absolute Gasteiger partial charge is 0.127 e. The van der Waals surface area contributed by atoms with Crippen LogP contribution in [0.3, 0.4) is 0 Å². The summed E-state index contributed by atoms with van der Waals surface area (Å²) in [6.07, 6.45) is 1.74. The summed E-state index contributed by atoms with van der Waals surface area (Å²) in [5, 5.41) is 9.02. The normalized spacial score (nSPS) is 20.5. The first-order valence-electron chi connectivity index (χ1n) is 4.82. The number of hydrogen-bond donors (Lipinski definition) is 2. The van der Waals surface area contributed by atoms with Crippen LogP contribution in [0.4, 0.5) is 4.39 Å². The van der Waals surface area contributed by atoms with E-state index in [4.69, 9.17) is 10.8 Å². The molecule has 3 heteroatoms. The quantitative estimate of drug-likeness (QED) is 0.760. The highest BCUT2D eigenvalue weighted by Gasteiger charge is 2.50. The van der Waals surface area contributed by atoms with Crippen LogP contribution in [0.5, 0.6) is 0 Å². The zero-order valence-electron chi connectivity index (χ0n) is 7.91. The van der Waals surface area contributed by atoms with Crippen molar-refractivity contribution in [1.29, 1.82) is 0 Å². The lowest BCUT2D eigenvalue weighted by Crippen LogP contribution is -2.38. The Hall–Kier alpha value is -0.930. The van der Waals surface area contributed by atoms with Crippen molar-refractivity contribution in [3.05, 3.63) is 35.6 Å². The Balaban J connectivity index is 2.35. The fourth-order valence-corrected chi connectivity index (χ4v) is 2.01. The Bertz CT molecular complexity index is 336. The second-order valence-corrected chi connectivity index (χ2v) is 3.93. The highest BCUT2D eigenvalue weighted by atomic mass is 19.1. The summed E-state index contributed by atoms with van der Waals surface area (Å²) < 4.78 is 13.5. The minimum atomic E-state index is -0.348. The first-order chi connectivity index (χ1) is 6.70. The van der Waals surface area contributed by atoms with Gasteiger partial charge in [-0.25, -0.2) is 4.39 Å². The predicted molar refractivity (Wildman–Crippen MR) is 52.4 cm³/mol. The number of aliphatic hydroxyl groups excluding tert-OH is 1. The number of rotatable bonds is 3. The van der Waals surface area contributed by atoms with E-state index >= 15 is 0 Å². The SMILES string of the molecule is NC(CO)C1(c2ccccc2F)CC1. The van der Waals surface area contributed by atoms with Crippen LogP contribution in [0.1, 0.15) is 18.4 Å². The van der Waals surface area contributed by atoms with Crippen LogP contribution in [0.2, 0.25) is 0 Å². The predicted octanol–water partition coefficient (Wildman–Crippen LogP) is 1.18. The van der Waals surface area contributed by atoms with Gasteiger partial charge in [-0.05, 0) is 24.5 Å². The molecule has 1 aliphatic carbocycles. The molecule has 0 aromatic heterocycles. The molecule has 2 nitrogen and oxygen atoms in total. The van der Waals surface area contributed by atoms with Gasteiger partial charge in [-0.15, -0.1) is 0 Å². The van der Waals surface area contributed by atoms with Crippen LogP contribution in [0.15, 0.2) is 24.3 Å². The van der Waals surface area contributed by atoms with Crippen LogP contribution >= 0.6 is 0 Å². The maximum absolute atomic E-state index is 13.5. The van der Waals surface area contributed by atoms with Gasteiger partial charge >= 0.3 is 0 Å². The van der Waals surface area contributed by atoms with E-state index in [0.717, 1.165) is 12.8 Å². The van der Waals surface area contributed by atoms with Gasteiger partial charge < -0.3 is 10.8 Å². The monoisotopic (exact) mass is 195 g/mol. The lowest BCUT2D eigenvalue weighted by atomic mass is 9.88. The van der Waals surface area contributed by atoms with Crippen LogP contribution in [0, 0.1) is 5.82 Å². The highest BCUT2D eigenvalue weighted by Crippen LogP contribution is 2.50. The zero-order chi connectivity index (χ0) is 10.2. The van der Waals surface area contributed by atoms with Gasteiger partial charge in [-0.3, -0.25) is 0 Å². The van der Waals surface area contributed by atoms with Crippen molar-refractivity contribution in [1.82, 2.24) is 0 Å². The fourth-order valence-electron chi connectivity index (χ4n) is 2.01. The van der Waals surface area contributed by atoms with E-state index in [-0.39, 0.29) is 23.9 Å². The Morgan fingerprint density at radius 3 is 2.57 bits per heavy atom. The van der Waals surface area contributed by atoms with Crippen molar-refractivity contribution in [2.45, 2.75) is 24.3 Å². The molecule has 0 radical (unpaired) electrons. The number of aliphatic hydroxyl groups is 1. The molecule has 76 valence electrons. The summed E-state index contributed by atoms with van der Waals surface area (Å²) in [4.78, 5) is 0. The van der Waals surface area contributed by atoms with Gasteiger partial charge in [0.15, 0.2) is 0 Å². The lowest BCUT2D eigenvalue weighted by Gasteiger charge is -2.22. The molecule has 1 aliphatic rings. The van der Waals surface area contributed by atoms with Crippen molar-refractivity contribution in [2.75, 3.05) is 6.61 Å². The maximum Gasteiger partial charge on any atom is 0.127 e. The van der Waals surface area contributed by atoms with Crippen LogP contribution in [-0.2, 0) is 5.41 Å². The van der Waals surface area contributed by atoms with Gasteiger partial charge in [0.1, 0.15) is 5.82 Å². The van der Waals surface area contributed by atoms with E-state index in [1.54, 1.807) is 12.1 Å². The number of nitrogens with two attached hydrogens (primary N) is 1. The largest absolute Gasteiger partial charge is 0.395 e. The van der Waals surface area contributed by atoms with Crippen LogP contribution in [0.25, 0.3) is 0 Å². The highest BCUT2D eigenvalue weighted by molar-refractivity contribution is 5.34. The summed E-state index contributed by atoms with van der Waals surface area (Å²) in [5.41, 5.74) is 6.15. The molecule has 0 saturated heterocycles. The molecule has 0 heterocycles. The molecule has 14 heavy (non-hydrogen) atoms. The fraction of sp³-hybridized carbons (Fsp3) is 0.455. The number of hydrogen-bond acceptors (Lipinski definition) is 2. The standard InChI is InChI=1S/C11H14FNO/c12-9-4-2-1-3-8(9)11(5-6-11)10(13)7-14/h1-4,10,14H,5-7,13H2. The van der Waals surface area contributed by atoms with Crippen molar-refractivity contribution in [3.8, 4) is 0 Å². The van der Waals surface area contributed by atoms with Gasteiger partial charge in [-0.1, -0.05) is 18.2 Å². The summed E-state index contributed by atoms with van der Waals surface area (Å²) in [5.74, 6) is -0.214. The Labute approximate surface area is 82.5 Å². The van der Waals surface area contributed by atoms with E-state index in [0.29, 0.717) is 5.56 Å². The summed E-state index contributed by atoms with van der Waals surface area (Å²) >= 11 is 0. The van der Waals surface area contributed by atoms with E-state index in [1.807, 2.05) is 6.07 Å². The molecule has 1 saturated carbocycles. The van der Waals surface area contributed by atoms with Crippen molar-refractivity contribution >= 4 is 0 Å². The number of benzene rings is 1. The first kappa shape index (κ1) is 9.62. The summed E-state index contributed by atoms with van der Waals surface area (Å²) in [6, 6.07) is 6.33. The number of halogens is 1. The molecule has 1 unspecified atom stereocenters. The molecule has 1 aromatic carbocycles. The molecule has 0 bridgehead atoms. The van der Waals surface area contributed by atoms with Crippen LogP contribution in [-0.4, -0.2) is 17.8 Å². The molecule has 1 aromatic rings. The average Bonchev–Trinajstić information content (AvgIpc) is 2.98. The summed E-state index contributed by atoms with van der Waals surface area (Å²) in [6.45, 7) is -0.0890. The van der Waals surface area contributed by atoms with E-state index < -0.39 is 0 Å². The van der Waals surface area contributed by atoms with Crippen molar-refractivity contribution in [2.24, 2.45) is 5.73 Å². The van der Waals surface area contributed by atoms with Gasteiger partial charge in [0.25, 0.3) is 0 Å². The maximum atomic E-state index is 13.5. The van der Waals surface area contributed by atoms with Gasteiger partial charge in [-0.2, -0.15) is 0 Å². The minimum absolute atomic E-state index is 0.0890. The second kappa shape index (κ2) is 3.33. The zero-order valence-corrected chi connectivity index (χ0v) is 7.91. The third-order valence-electron chi connectivity index (χ3n) is 3.11. The minimum Gasteiger partial charge on any atom is -0.395 e. The molecular formula is C11H14FNO. The molecule has 0 spiro atoms. The Kier molecular flexibility index (Phi) is 2.29. The summed E-state index contributed by atoms with van der Waals surface area (Å²) in [7, 11) is 0. The lowest BCUT2D eigenvalue weighted by molar-refractivity contribution is 0.241. The van der Waals surface area contributed by atoms with E-state index in [1.165, 1.54) is 6.07 Å². The third-order valence-corrected chi connectivity index (χ3v) is 3.11. The second-order valence-electron chi connectivity index (χ2n) is 3.93. The van der Waals surface area contributed by atoms with Gasteiger partial charge in [0.05, 0.1) is 6.61 Å². The topological polar surface area (TPSA) is 46.2 Å². The molecule has 2 rings (SSSR count). The molecule has 0 aliphatic heterocycles. The van der Waals surface area contributed by atoms with Gasteiger partial charge in [0, 0.05) is 11.5 Å². The molecule has 1 fully saturated rings. The molecule has 3 N–H and O–H groups in total. The molecular weight excluding hydrogens is 181 g/mol. The van der Waals surface area contributed by atoms with Gasteiger partial charge in [0.2, 0.25) is 0 Å². The molecule has 1 atom stereocenters. The molecule has 0 amide bonds.